The van der Waals surface area contributed by atoms with E-state index in [0.29, 0.717) is 48.9 Å². The Labute approximate surface area is 378 Å². The number of esters is 2. The topological polar surface area (TPSA) is 123 Å². The zero-order chi connectivity index (χ0) is 43.9. The van der Waals surface area contributed by atoms with Crippen LogP contribution in [-0.2, 0) is 33.7 Å². The van der Waals surface area contributed by atoms with Crippen LogP contribution in [0.15, 0.2) is 66.7 Å². The van der Waals surface area contributed by atoms with Gasteiger partial charge in [-0.1, -0.05) is 47.4 Å². The molecule has 0 atom stereocenters. The number of amides is 1. The lowest BCUT2D eigenvalue weighted by atomic mass is 9.73. The van der Waals surface area contributed by atoms with Crippen LogP contribution in [-0.4, -0.2) is 78.2 Å². The molecule has 5 aromatic rings. The van der Waals surface area contributed by atoms with Gasteiger partial charge in [0.1, 0.15) is 11.4 Å². The summed E-state index contributed by atoms with van der Waals surface area (Å²) in [6.07, 6.45) is 8.62. The quantitative estimate of drug-likeness (QED) is 0.0737. The minimum Gasteiger partial charge on any atom is -0.494 e. The number of rotatable bonds is 12. The molecule has 1 amide bonds. The first-order valence-corrected chi connectivity index (χ1v) is 23.9. The fraction of sp³-hybridized carbons (Fsp3) is 0.460. The molecule has 2 aromatic heterocycles. The Bertz CT molecular complexity index is 2430. The number of anilines is 2. The number of carbonyl (C=O) groups is 3. The van der Waals surface area contributed by atoms with Crippen LogP contribution < -0.4 is 15.0 Å². The number of nitrogens with one attached hydrogen (secondary N) is 1. The second kappa shape index (κ2) is 20.0. The van der Waals surface area contributed by atoms with Crippen molar-refractivity contribution in [2.45, 2.75) is 90.7 Å². The summed E-state index contributed by atoms with van der Waals surface area (Å²) in [5.41, 5.74) is 4.42. The van der Waals surface area contributed by atoms with Crippen LogP contribution in [0.25, 0.3) is 10.2 Å². The van der Waals surface area contributed by atoms with E-state index in [1.807, 2.05) is 81.4 Å². The average Bonchev–Trinajstić information content (AvgIpc) is 3.91. The third-order valence-corrected chi connectivity index (χ3v) is 14.5. The molecule has 1 aliphatic carbocycles. The Morgan fingerprint density at radius 1 is 0.873 bits per heavy atom. The minimum atomic E-state index is -0.460. The van der Waals surface area contributed by atoms with Crippen LogP contribution in [0.2, 0.25) is 0 Å². The molecule has 63 heavy (non-hydrogen) atoms. The molecule has 1 saturated heterocycles. The fourth-order valence-electron chi connectivity index (χ4n) is 9.05. The van der Waals surface area contributed by atoms with Gasteiger partial charge in [0.25, 0.3) is 5.91 Å². The van der Waals surface area contributed by atoms with Crippen molar-refractivity contribution in [3.05, 3.63) is 99.6 Å². The van der Waals surface area contributed by atoms with E-state index in [2.05, 4.69) is 38.0 Å². The summed E-state index contributed by atoms with van der Waals surface area (Å²) in [7, 11) is 1.38. The highest BCUT2D eigenvalue weighted by Gasteiger charge is 2.34. The standard InChI is InChI=1S/C50H57N5O6S2/c1-50(2,3)61-46(57)37-20-18-34(19-21-37)35-24-28-54(29-25-35)27-8-10-33-16-22-38(23-17-33)60-31-9-15-43-44(47(58)59-4)52-49(63-43)55-30-26-36-11-7-12-39(40(36)32-55)45(56)53-48-51-41-13-5-6-14-42(41)62-48/h5-7,11-14,16-17,22-23,34-35,37H,9,15,18-21,24-32H2,1-4H3,(H,51,53,56). The number of fused-ring (bicyclic) bond motifs is 2. The maximum Gasteiger partial charge on any atom is 0.357 e. The van der Waals surface area contributed by atoms with E-state index in [1.165, 1.54) is 42.6 Å². The minimum absolute atomic E-state index is 0.0188. The average molecular weight is 888 g/mol. The number of benzene rings is 3. The smallest absolute Gasteiger partial charge is 0.357 e. The number of aryl methyl sites for hydroxylation is 1. The van der Waals surface area contributed by atoms with Gasteiger partial charge >= 0.3 is 11.9 Å². The van der Waals surface area contributed by atoms with E-state index in [9.17, 15) is 14.4 Å². The lowest BCUT2D eigenvalue weighted by Gasteiger charge is -2.38. The largest absolute Gasteiger partial charge is 0.494 e. The number of thiazole rings is 2. The van der Waals surface area contributed by atoms with Crippen LogP contribution in [0.5, 0.6) is 5.75 Å². The molecule has 0 spiro atoms. The van der Waals surface area contributed by atoms with E-state index < -0.39 is 11.6 Å². The van der Waals surface area contributed by atoms with Crippen molar-refractivity contribution >= 4 is 61.0 Å². The van der Waals surface area contributed by atoms with Crippen molar-refractivity contribution < 1.29 is 28.6 Å². The highest BCUT2D eigenvalue weighted by molar-refractivity contribution is 7.22. The van der Waals surface area contributed by atoms with Crippen molar-refractivity contribution in [2.75, 3.05) is 50.1 Å². The lowest BCUT2D eigenvalue weighted by molar-refractivity contribution is -0.161. The molecule has 4 heterocycles. The second-order valence-electron chi connectivity index (χ2n) is 17.9. The van der Waals surface area contributed by atoms with Crippen molar-refractivity contribution in [1.82, 2.24) is 14.9 Å². The number of aromatic nitrogens is 2. The maximum absolute atomic E-state index is 13.6. The molecule has 0 radical (unpaired) electrons. The fourth-order valence-corrected chi connectivity index (χ4v) is 11.0. The molecular formula is C50H57N5O6S2. The number of piperidine rings is 1. The van der Waals surface area contributed by atoms with Crippen LogP contribution in [0.4, 0.5) is 10.3 Å². The molecule has 330 valence electrons. The molecule has 0 bridgehead atoms. The molecule has 3 aromatic carbocycles. The van der Waals surface area contributed by atoms with Crippen molar-refractivity contribution in [2.24, 2.45) is 17.8 Å². The Morgan fingerprint density at radius 3 is 2.38 bits per heavy atom. The van der Waals surface area contributed by atoms with Gasteiger partial charge in [0.2, 0.25) is 0 Å². The van der Waals surface area contributed by atoms with E-state index in [-0.39, 0.29) is 17.8 Å². The summed E-state index contributed by atoms with van der Waals surface area (Å²) < 4.78 is 17.9. The normalized spacial score (nSPS) is 18.3. The first-order chi connectivity index (χ1) is 30.5. The Balaban J connectivity index is 0.787. The van der Waals surface area contributed by atoms with E-state index >= 15 is 0 Å². The van der Waals surface area contributed by atoms with Gasteiger partial charge in [0, 0.05) is 29.1 Å². The molecule has 2 aliphatic heterocycles. The molecule has 2 fully saturated rings. The third-order valence-electron chi connectivity index (χ3n) is 12.4. The van der Waals surface area contributed by atoms with Crippen molar-refractivity contribution in [3.8, 4) is 17.6 Å². The Hall–Kier alpha value is -5.29. The molecule has 13 heteroatoms. The van der Waals surface area contributed by atoms with Gasteiger partial charge in [-0.2, -0.15) is 0 Å². The third kappa shape index (κ3) is 11.3. The summed E-state index contributed by atoms with van der Waals surface area (Å²) in [6, 6.07) is 21.6. The molecule has 0 unspecified atom stereocenters. The van der Waals surface area contributed by atoms with E-state index in [0.717, 1.165) is 106 Å². The number of hydrogen-bond donors (Lipinski definition) is 1. The molecular weight excluding hydrogens is 831 g/mol. The van der Waals surface area contributed by atoms with Crippen LogP contribution >= 0.6 is 22.7 Å². The van der Waals surface area contributed by atoms with E-state index in [1.54, 1.807) is 0 Å². The predicted octanol–water partition coefficient (Wildman–Crippen LogP) is 9.58. The number of hydrogen-bond acceptors (Lipinski definition) is 12. The number of para-hydroxylation sites is 1. The molecule has 1 N–H and O–H groups in total. The van der Waals surface area contributed by atoms with Crippen LogP contribution in [0.1, 0.15) is 108 Å². The monoisotopic (exact) mass is 887 g/mol. The predicted molar refractivity (Wildman–Crippen MR) is 250 cm³/mol. The molecule has 11 nitrogen and oxygen atoms in total. The first kappa shape index (κ1) is 44.3. The van der Waals surface area contributed by atoms with Gasteiger partial charge in [-0.3, -0.25) is 19.8 Å². The van der Waals surface area contributed by atoms with Gasteiger partial charge in [-0.05, 0) is 157 Å². The number of methoxy groups -OCH3 is 1. The van der Waals surface area contributed by atoms with Gasteiger partial charge in [0.05, 0.1) is 36.4 Å². The number of likely N-dealkylation sites (tertiary alicyclic amines) is 1. The lowest BCUT2D eigenvalue weighted by Crippen LogP contribution is -2.38. The first-order valence-electron chi connectivity index (χ1n) is 22.3. The zero-order valence-electron chi connectivity index (χ0n) is 36.7. The Morgan fingerprint density at radius 2 is 1.63 bits per heavy atom. The van der Waals surface area contributed by atoms with Crippen LogP contribution in [0, 0.1) is 29.6 Å². The van der Waals surface area contributed by atoms with Crippen LogP contribution in [0.3, 0.4) is 0 Å². The number of ether oxygens (including phenoxy) is 3. The van der Waals surface area contributed by atoms with Gasteiger partial charge in [0.15, 0.2) is 16.0 Å². The molecule has 8 rings (SSSR count). The summed E-state index contributed by atoms with van der Waals surface area (Å²) in [5, 5.41) is 4.31. The van der Waals surface area contributed by atoms with Gasteiger partial charge in [-0.25, -0.2) is 14.8 Å². The number of carbonyl (C=O) groups excluding carboxylic acids is 3. The zero-order valence-corrected chi connectivity index (χ0v) is 38.4. The summed E-state index contributed by atoms with van der Waals surface area (Å²) in [6.45, 7) is 10.4. The van der Waals surface area contributed by atoms with Gasteiger partial charge < -0.3 is 19.1 Å². The second-order valence-corrected chi connectivity index (χ2v) is 19.9. The molecule has 3 aliphatic rings. The highest BCUT2D eigenvalue weighted by atomic mass is 32.1. The summed E-state index contributed by atoms with van der Waals surface area (Å²) in [4.78, 5) is 53.8. The van der Waals surface area contributed by atoms with Crippen molar-refractivity contribution in [1.29, 1.82) is 0 Å². The number of nitrogens with zero attached hydrogens (tertiary/aromatic N) is 4. The highest BCUT2D eigenvalue weighted by Crippen LogP contribution is 2.39. The molecule has 1 saturated carbocycles. The van der Waals surface area contributed by atoms with Crippen molar-refractivity contribution in [3.63, 3.8) is 0 Å². The van der Waals surface area contributed by atoms with Gasteiger partial charge in [-0.15, -0.1) is 11.3 Å². The maximum atomic E-state index is 13.6. The SMILES string of the molecule is COC(=O)c1nc(N2CCc3cccc(C(=O)Nc4nc5ccccc5s4)c3C2)sc1CCCOc1ccc(C#CCN2CCC(C3CCC(C(=O)OC(C)(C)C)CC3)CC2)cc1. The Kier molecular flexibility index (Phi) is 14.1. The summed E-state index contributed by atoms with van der Waals surface area (Å²) >= 11 is 2.95. The van der Waals surface area contributed by atoms with E-state index in [4.69, 9.17) is 19.2 Å². The summed E-state index contributed by atoms with van der Waals surface area (Å²) in [5.74, 6) is 8.33.